The topological polar surface area (TPSA) is 75.6 Å². The first-order chi connectivity index (χ1) is 12.8. The highest BCUT2D eigenvalue weighted by atomic mass is 16.5. The van der Waals surface area contributed by atoms with Crippen LogP contribution in [0.3, 0.4) is 0 Å². The van der Waals surface area contributed by atoms with Gasteiger partial charge >= 0.3 is 0 Å². The molecule has 0 N–H and O–H groups in total. The van der Waals surface area contributed by atoms with Crippen molar-refractivity contribution in [3.05, 3.63) is 35.5 Å². The van der Waals surface area contributed by atoms with Gasteiger partial charge in [0.25, 0.3) is 0 Å². The number of anilines is 1. The number of likely N-dealkylation sites (tertiary alicyclic amines) is 1. The monoisotopic (exact) mass is 353 g/mol. The highest BCUT2D eigenvalue weighted by Crippen LogP contribution is 2.28. The van der Waals surface area contributed by atoms with Gasteiger partial charge in [0, 0.05) is 25.1 Å². The fraction of sp³-hybridized carbons (Fsp3) is 0.556. The average Bonchev–Trinajstić information content (AvgIpc) is 3.20. The van der Waals surface area contributed by atoms with Gasteiger partial charge in [0.2, 0.25) is 0 Å². The maximum absolute atomic E-state index is 5.34. The van der Waals surface area contributed by atoms with Gasteiger partial charge in [-0.2, -0.15) is 4.52 Å². The third-order valence-electron chi connectivity index (χ3n) is 5.46. The molecular weight excluding hydrogens is 330 g/mol. The van der Waals surface area contributed by atoms with Gasteiger partial charge in [0.15, 0.2) is 17.2 Å². The first kappa shape index (κ1) is 15.7. The summed E-state index contributed by atoms with van der Waals surface area (Å²) in [6.07, 6.45) is 3.37. The lowest BCUT2D eigenvalue weighted by atomic mass is 9.96. The summed E-state index contributed by atoms with van der Waals surface area (Å²) >= 11 is 0. The van der Waals surface area contributed by atoms with Crippen LogP contribution in [0.2, 0.25) is 0 Å². The van der Waals surface area contributed by atoms with Crippen LogP contribution in [-0.2, 0) is 6.54 Å². The molecule has 3 aromatic heterocycles. The van der Waals surface area contributed by atoms with Crippen molar-refractivity contribution in [3.8, 4) is 0 Å². The van der Waals surface area contributed by atoms with E-state index < -0.39 is 0 Å². The standard InChI is InChI=1S/C18H23N7O/c1-13-11-15(26-22-13)12-23-9-5-14(6-10-23)18-20-19-16-3-4-17(21-25(16)18)24-7-2-8-24/h3-4,11,14H,2,5-10,12H2,1H3. The minimum atomic E-state index is 0.400. The summed E-state index contributed by atoms with van der Waals surface area (Å²) in [7, 11) is 0. The number of rotatable bonds is 4. The Bertz CT molecular complexity index is 905. The van der Waals surface area contributed by atoms with Crippen LogP contribution in [0.5, 0.6) is 0 Å². The molecule has 2 saturated heterocycles. The third kappa shape index (κ3) is 2.84. The van der Waals surface area contributed by atoms with Gasteiger partial charge in [0.1, 0.15) is 5.82 Å². The van der Waals surface area contributed by atoms with Crippen LogP contribution in [0.25, 0.3) is 5.65 Å². The second-order valence-corrected chi connectivity index (χ2v) is 7.35. The Morgan fingerprint density at radius 2 is 1.96 bits per heavy atom. The second-order valence-electron chi connectivity index (χ2n) is 7.35. The largest absolute Gasteiger partial charge is 0.360 e. The van der Waals surface area contributed by atoms with Crippen molar-refractivity contribution in [2.75, 3.05) is 31.1 Å². The molecule has 2 aliphatic rings. The van der Waals surface area contributed by atoms with Crippen LogP contribution < -0.4 is 4.90 Å². The van der Waals surface area contributed by atoms with Crippen LogP contribution in [-0.4, -0.2) is 56.0 Å². The molecule has 8 nitrogen and oxygen atoms in total. The molecular formula is C18H23N7O. The van der Waals surface area contributed by atoms with Gasteiger partial charge < -0.3 is 9.42 Å². The summed E-state index contributed by atoms with van der Waals surface area (Å²) in [5.74, 6) is 3.37. The van der Waals surface area contributed by atoms with Gasteiger partial charge in [0.05, 0.1) is 12.2 Å². The minimum Gasteiger partial charge on any atom is -0.360 e. The Morgan fingerprint density at radius 3 is 2.65 bits per heavy atom. The third-order valence-corrected chi connectivity index (χ3v) is 5.46. The van der Waals surface area contributed by atoms with Gasteiger partial charge in [-0.3, -0.25) is 4.90 Å². The van der Waals surface area contributed by atoms with E-state index in [0.29, 0.717) is 5.92 Å². The summed E-state index contributed by atoms with van der Waals surface area (Å²) in [6, 6.07) is 6.09. The van der Waals surface area contributed by atoms with Crippen molar-refractivity contribution in [3.63, 3.8) is 0 Å². The summed E-state index contributed by atoms with van der Waals surface area (Å²) < 4.78 is 7.29. The molecule has 136 valence electrons. The van der Waals surface area contributed by atoms with Crippen molar-refractivity contribution >= 4 is 11.5 Å². The summed E-state index contributed by atoms with van der Waals surface area (Å²) in [4.78, 5) is 4.71. The van der Waals surface area contributed by atoms with Crippen LogP contribution >= 0.6 is 0 Å². The molecule has 5 rings (SSSR count). The van der Waals surface area contributed by atoms with E-state index in [0.717, 1.165) is 74.3 Å². The Balaban J connectivity index is 1.30. The fourth-order valence-electron chi connectivity index (χ4n) is 3.82. The summed E-state index contributed by atoms with van der Waals surface area (Å²) in [5.41, 5.74) is 1.78. The number of hydrogen-bond acceptors (Lipinski definition) is 7. The molecule has 0 unspecified atom stereocenters. The van der Waals surface area contributed by atoms with Crippen LogP contribution in [0.4, 0.5) is 5.82 Å². The smallest absolute Gasteiger partial charge is 0.178 e. The Kier molecular flexibility index (Phi) is 3.85. The normalized spacial score (nSPS) is 19.2. The number of aromatic nitrogens is 5. The maximum atomic E-state index is 5.34. The second kappa shape index (κ2) is 6.35. The Labute approximate surface area is 151 Å². The van der Waals surface area contributed by atoms with Crippen LogP contribution in [0.1, 0.15) is 42.5 Å². The van der Waals surface area contributed by atoms with Crippen LogP contribution in [0, 0.1) is 6.92 Å². The van der Waals surface area contributed by atoms with Crippen molar-refractivity contribution in [2.45, 2.75) is 38.6 Å². The van der Waals surface area contributed by atoms with Gasteiger partial charge in [-0.1, -0.05) is 5.16 Å². The zero-order valence-electron chi connectivity index (χ0n) is 15.0. The molecule has 2 aliphatic heterocycles. The number of hydrogen-bond donors (Lipinski definition) is 0. The molecule has 0 spiro atoms. The zero-order valence-corrected chi connectivity index (χ0v) is 15.0. The number of aryl methyl sites for hydroxylation is 1. The van der Waals surface area contributed by atoms with E-state index in [1.165, 1.54) is 6.42 Å². The highest BCUT2D eigenvalue weighted by Gasteiger charge is 2.26. The molecule has 0 amide bonds. The quantitative estimate of drug-likeness (QED) is 0.710. The number of piperidine rings is 1. The van der Waals surface area contributed by atoms with Gasteiger partial charge in [-0.05, 0) is 51.4 Å². The first-order valence-electron chi connectivity index (χ1n) is 9.38. The van der Waals surface area contributed by atoms with E-state index >= 15 is 0 Å². The van der Waals surface area contributed by atoms with Crippen molar-refractivity contribution < 1.29 is 4.52 Å². The van der Waals surface area contributed by atoms with E-state index in [9.17, 15) is 0 Å². The molecule has 0 saturated carbocycles. The molecule has 26 heavy (non-hydrogen) atoms. The SMILES string of the molecule is Cc1cc(CN2CCC(c3nnc4ccc(N5CCC5)nn34)CC2)on1. The lowest BCUT2D eigenvalue weighted by Gasteiger charge is -2.32. The summed E-state index contributed by atoms with van der Waals surface area (Å²) in [6.45, 7) is 7.00. The minimum absolute atomic E-state index is 0.400. The average molecular weight is 353 g/mol. The van der Waals surface area contributed by atoms with E-state index in [1.54, 1.807) is 0 Å². The molecule has 2 fully saturated rings. The molecule has 3 aromatic rings. The van der Waals surface area contributed by atoms with Gasteiger partial charge in [-0.25, -0.2) is 0 Å². The van der Waals surface area contributed by atoms with Crippen molar-refractivity contribution in [1.82, 2.24) is 29.9 Å². The molecule has 8 heteroatoms. The first-order valence-corrected chi connectivity index (χ1v) is 9.38. The molecule has 0 aliphatic carbocycles. The molecule has 0 bridgehead atoms. The molecule has 0 atom stereocenters. The summed E-state index contributed by atoms with van der Waals surface area (Å²) in [5, 5.41) is 17.6. The Morgan fingerprint density at radius 1 is 1.12 bits per heavy atom. The zero-order chi connectivity index (χ0) is 17.5. The fourth-order valence-corrected chi connectivity index (χ4v) is 3.82. The van der Waals surface area contributed by atoms with Gasteiger partial charge in [-0.15, -0.1) is 15.3 Å². The van der Waals surface area contributed by atoms with Crippen molar-refractivity contribution in [2.24, 2.45) is 0 Å². The number of fused-ring (bicyclic) bond motifs is 1. The number of nitrogens with zero attached hydrogens (tertiary/aromatic N) is 7. The molecule has 0 radical (unpaired) electrons. The maximum Gasteiger partial charge on any atom is 0.178 e. The molecule has 0 aromatic carbocycles. The van der Waals surface area contributed by atoms with E-state index in [4.69, 9.17) is 9.62 Å². The predicted octanol–water partition coefficient (Wildman–Crippen LogP) is 2.01. The lowest BCUT2D eigenvalue weighted by molar-refractivity contribution is 0.181. The van der Waals surface area contributed by atoms with E-state index in [2.05, 4.69) is 31.2 Å². The van der Waals surface area contributed by atoms with Crippen LogP contribution in [0.15, 0.2) is 22.7 Å². The predicted molar refractivity (Wildman–Crippen MR) is 96.1 cm³/mol. The lowest BCUT2D eigenvalue weighted by Crippen LogP contribution is -2.38. The van der Waals surface area contributed by atoms with E-state index in [1.807, 2.05) is 23.6 Å². The Hall–Kier alpha value is -2.48. The van der Waals surface area contributed by atoms with E-state index in [-0.39, 0.29) is 0 Å². The van der Waals surface area contributed by atoms with Crippen molar-refractivity contribution in [1.29, 1.82) is 0 Å². The highest BCUT2D eigenvalue weighted by molar-refractivity contribution is 5.47. The molecule has 5 heterocycles.